The van der Waals surface area contributed by atoms with E-state index in [1.807, 2.05) is 65.8 Å². The van der Waals surface area contributed by atoms with Gasteiger partial charge in [0.25, 0.3) is 0 Å². The Morgan fingerprint density at radius 2 is 1.68 bits per heavy atom. The molecule has 0 spiro atoms. The number of carbonyl (C=O) groups excluding carboxylic acids is 1. The van der Waals surface area contributed by atoms with Crippen molar-refractivity contribution >= 4 is 44.8 Å². The van der Waals surface area contributed by atoms with Gasteiger partial charge in [-0.15, -0.1) is 11.3 Å². The lowest BCUT2D eigenvalue weighted by atomic mass is 9.98. The van der Waals surface area contributed by atoms with E-state index in [9.17, 15) is 13.2 Å². The minimum Gasteiger partial charge on any atom is -0.444 e. The van der Waals surface area contributed by atoms with E-state index in [2.05, 4.69) is 19.9 Å². The molecule has 2 aromatic heterocycles. The highest BCUT2D eigenvalue weighted by molar-refractivity contribution is 7.92. The molecule has 1 fully saturated rings. The fourth-order valence-electron chi connectivity index (χ4n) is 5.32. The van der Waals surface area contributed by atoms with Crippen LogP contribution >= 0.6 is 11.3 Å². The molecule has 5 rings (SSSR count). The molecule has 0 bridgehead atoms. The summed E-state index contributed by atoms with van der Waals surface area (Å²) in [7, 11) is -3.70. The lowest BCUT2D eigenvalue weighted by Crippen LogP contribution is -2.49. The first-order chi connectivity index (χ1) is 23.5. The van der Waals surface area contributed by atoms with Crippen molar-refractivity contribution in [1.82, 2.24) is 24.8 Å². The van der Waals surface area contributed by atoms with E-state index in [0.717, 1.165) is 35.9 Å². The van der Waals surface area contributed by atoms with Gasteiger partial charge in [-0.05, 0) is 63.1 Å². The number of benzene rings is 2. The van der Waals surface area contributed by atoms with Gasteiger partial charge in [-0.3, -0.25) is 9.62 Å². The van der Waals surface area contributed by atoms with Crippen molar-refractivity contribution in [1.29, 1.82) is 0 Å². The number of thiazole rings is 1. The van der Waals surface area contributed by atoms with E-state index in [1.165, 1.54) is 17.4 Å². The zero-order chi connectivity index (χ0) is 36.3. The Balaban J connectivity index is 1.32. The van der Waals surface area contributed by atoms with Crippen LogP contribution in [0.15, 0.2) is 54.7 Å². The number of nitrogens with one attached hydrogen (secondary N) is 2. The third-order valence-electron chi connectivity index (χ3n) is 7.79. The molecule has 11 nitrogen and oxygen atoms in total. The van der Waals surface area contributed by atoms with Gasteiger partial charge in [0.05, 0.1) is 32.7 Å². The number of ether oxygens (including phenoxy) is 1. The van der Waals surface area contributed by atoms with Crippen LogP contribution in [0.3, 0.4) is 0 Å². The summed E-state index contributed by atoms with van der Waals surface area (Å²) in [6, 6.07) is 14.4. The summed E-state index contributed by atoms with van der Waals surface area (Å²) in [6.07, 6.45) is 1.78. The zero-order valence-corrected chi connectivity index (χ0v) is 31.3. The quantitative estimate of drug-likeness (QED) is 0.170. The number of sulfonamides is 1. The van der Waals surface area contributed by atoms with Gasteiger partial charge in [0.1, 0.15) is 5.60 Å². The number of hydrogen-bond acceptors (Lipinski definition) is 10. The van der Waals surface area contributed by atoms with Gasteiger partial charge in [-0.25, -0.2) is 32.6 Å². The number of piperazine rings is 1. The first kappa shape index (κ1) is 37.1. The molecule has 1 amide bonds. The van der Waals surface area contributed by atoms with E-state index in [4.69, 9.17) is 14.7 Å². The van der Waals surface area contributed by atoms with E-state index in [-0.39, 0.29) is 28.5 Å². The average molecular weight is 724 g/mol. The summed E-state index contributed by atoms with van der Waals surface area (Å²) in [5, 5.41) is 4.06. The SMILES string of the molecule is CCCS(=O)(=O)Nc1cccc(-c2nc(C(C)(C)C)sc2-c2ccnc(Nc3ccc(CN4CCN(C(=O)OC(C)(C)C)CC4)cc3)n2)c1F. The molecule has 2 N–H and O–H groups in total. The predicted molar refractivity (Wildman–Crippen MR) is 198 cm³/mol. The van der Waals surface area contributed by atoms with Gasteiger partial charge in [-0.2, -0.15) is 0 Å². The molecule has 0 saturated carbocycles. The number of carbonyl (C=O) groups is 1. The van der Waals surface area contributed by atoms with Crippen molar-refractivity contribution in [3.05, 3.63) is 71.1 Å². The minimum absolute atomic E-state index is 0.110. The highest BCUT2D eigenvalue weighted by Gasteiger charge is 2.28. The zero-order valence-electron chi connectivity index (χ0n) is 29.7. The fourth-order valence-corrected chi connectivity index (χ4v) is 7.56. The lowest BCUT2D eigenvalue weighted by Gasteiger charge is -2.35. The Kier molecular flexibility index (Phi) is 11.1. The normalized spacial score (nSPS) is 14.4. The van der Waals surface area contributed by atoms with Crippen LogP contribution < -0.4 is 10.0 Å². The van der Waals surface area contributed by atoms with Gasteiger partial charge < -0.3 is 15.0 Å². The average Bonchev–Trinajstić information content (AvgIpc) is 3.49. The Hall–Kier alpha value is -4.14. The number of halogens is 1. The Labute approximate surface area is 298 Å². The van der Waals surface area contributed by atoms with Crippen LogP contribution in [0.25, 0.3) is 21.8 Å². The van der Waals surface area contributed by atoms with Gasteiger partial charge in [0.2, 0.25) is 16.0 Å². The van der Waals surface area contributed by atoms with Crippen LogP contribution in [0.2, 0.25) is 0 Å². The predicted octanol–water partition coefficient (Wildman–Crippen LogP) is 7.65. The van der Waals surface area contributed by atoms with Gasteiger partial charge in [0.15, 0.2) is 5.82 Å². The van der Waals surface area contributed by atoms with E-state index in [0.29, 0.717) is 41.7 Å². The second kappa shape index (κ2) is 15.0. The Morgan fingerprint density at radius 3 is 2.32 bits per heavy atom. The van der Waals surface area contributed by atoms with E-state index < -0.39 is 21.4 Å². The van der Waals surface area contributed by atoms with Crippen molar-refractivity contribution < 1.29 is 22.3 Å². The van der Waals surface area contributed by atoms with E-state index >= 15 is 4.39 Å². The maximum atomic E-state index is 15.9. The van der Waals surface area contributed by atoms with Crippen LogP contribution in [0.1, 0.15) is 65.5 Å². The van der Waals surface area contributed by atoms with Crippen molar-refractivity contribution in [2.24, 2.45) is 0 Å². The number of nitrogens with zero attached hydrogens (tertiary/aromatic N) is 5. The molecule has 0 radical (unpaired) electrons. The molecular formula is C36H46FN7O4S2. The van der Waals surface area contributed by atoms with Crippen molar-refractivity contribution in [2.75, 3.05) is 42.0 Å². The monoisotopic (exact) mass is 723 g/mol. The molecule has 0 aliphatic carbocycles. The highest BCUT2D eigenvalue weighted by Crippen LogP contribution is 2.42. The standard InChI is InChI=1S/C36H46FN7O4S2/c1-8-22-50(46,47)42-27-11-9-10-26(29(27)37)30-31(49-32(41-30)35(2,3)4)28-16-17-38-33(40-28)39-25-14-12-24(13-15-25)23-43-18-20-44(21-19-43)34(45)48-36(5,6)7/h9-17,42H,8,18-23H2,1-7H3,(H,38,39,40). The topological polar surface area (TPSA) is 130 Å². The molecular weight excluding hydrogens is 678 g/mol. The number of anilines is 3. The van der Waals surface area contributed by atoms with Crippen molar-refractivity contribution in [3.8, 4) is 21.8 Å². The maximum Gasteiger partial charge on any atom is 0.410 e. The minimum atomic E-state index is -3.70. The summed E-state index contributed by atoms with van der Waals surface area (Å²) in [5.41, 5.74) is 2.11. The first-order valence-electron chi connectivity index (χ1n) is 16.7. The molecule has 4 aromatic rings. The molecule has 14 heteroatoms. The third kappa shape index (κ3) is 9.55. The summed E-state index contributed by atoms with van der Waals surface area (Å²) in [4.78, 5) is 31.2. The van der Waals surface area contributed by atoms with Crippen LogP contribution in [0.5, 0.6) is 0 Å². The van der Waals surface area contributed by atoms with Crippen LogP contribution in [-0.2, 0) is 26.7 Å². The molecule has 0 unspecified atom stereocenters. The highest BCUT2D eigenvalue weighted by atomic mass is 32.2. The van der Waals surface area contributed by atoms with Gasteiger partial charge in [0, 0.05) is 55.6 Å². The fraction of sp³-hybridized carbons (Fsp3) is 0.444. The summed E-state index contributed by atoms with van der Waals surface area (Å²) < 4.78 is 48.7. The lowest BCUT2D eigenvalue weighted by molar-refractivity contribution is 0.0139. The number of hydrogen-bond donors (Lipinski definition) is 2. The van der Waals surface area contributed by atoms with Crippen LogP contribution in [-0.4, -0.2) is 76.8 Å². The molecule has 2 aromatic carbocycles. The molecule has 268 valence electrons. The Bertz CT molecular complexity index is 1910. The Morgan fingerprint density at radius 1 is 0.980 bits per heavy atom. The first-order valence-corrected chi connectivity index (χ1v) is 19.2. The molecule has 3 heterocycles. The maximum absolute atomic E-state index is 15.9. The van der Waals surface area contributed by atoms with Crippen LogP contribution in [0.4, 0.5) is 26.5 Å². The molecule has 0 atom stereocenters. The smallest absolute Gasteiger partial charge is 0.410 e. The summed E-state index contributed by atoms with van der Waals surface area (Å²) in [5.74, 6) is -0.440. The molecule has 1 aliphatic rings. The van der Waals surface area contributed by atoms with Gasteiger partial charge >= 0.3 is 6.09 Å². The third-order valence-corrected chi connectivity index (χ3v) is 10.8. The summed E-state index contributed by atoms with van der Waals surface area (Å²) >= 11 is 1.42. The van der Waals surface area contributed by atoms with Crippen LogP contribution in [0, 0.1) is 5.82 Å². The molecule has 50 heavy (non-hydrogen) atoms. The largest absolute Gasteiger partial charge is 0.444 e. The molecule has 1 aliphatic heterocycles. The second-order valence-electron chi connectivity index (χ2n) is 14.4. The number of amides is 1. The van der Waals surface area contributed by atoms with Crippen molar-refractivity contribution in [3.63, 3.8) is 0 Å². The van der Waals surface area contributed by atoms with E-state index in [1.54, 1.807) is 36.2 Å². The van der Waals surface area contributed by atoms with Crippen molar-refractivity contribution in [2.45, 2.75) is 72.4 Å². The summed E-state index contributed by atoms with van der Waals surface area (Å²) in [6.45, 7) is 17.0. The second-order valence-corrected chi connectivity index (χ2v) is 17.2. The molecule has 1 saturated heterocycles. The number of rotatable bonds is 10. The van der Waals surface area contributed by atoms with Gasteiger partial charge in [-0.1, -0.05) is 45.9 Å². The number of aromatic nitrogens is 3.